The number of hydrogen-bond acceptors (Lipinski definition) is 4. The van der Waals surface area contributed by atoms with Gasteiger partial charge in [-0.3, -0.25) is 4.79 Å². The molecule has 0 aromatic carbocycles. The van der Waals surface area contributed by atoms with Gasteiger partial charge in [-0.2, -0.15) is 0 Å². The van der Waals surface area contributed by atoms with E-state index in [1.807, 2.05) is 6.92 Å². The van der Waals surface area contributed by atoms with Crippen LogP contribution in [-0.2, 0) is 14.3 Å². The van der Waals surface area contributed by atoms with Gasteiger partial charge < -0.3 is 9.47 Å². The number of carbonyl (C=O) groups is 1. The van der Waals surface area contributed by atoms with Crippen molar-refractivity contribution < 1.29 is 14.3 Å². The Morgan fingerprint density at radius 2 is 2.58 bits per heavy atom. The van der Waals surface area contributed by atoms with Crippen LogP contribution in [0.2, 0.25) is 0 Å². The van der Waals surface area contributed by atoms with E-state index >= 15 is 0 Å². The van der Waals surface area contributed by atoms with Gasteiger partial charge in [0.2, 0.25) is 0 Å². The summed E-state index contributed by atoms with van der Waals surface area (Å²) in [6, 6.07) is 0. The third-order valence-corrected chi connectivity index (χ3v) is 3.08. The van der Waals surface area contributed by atoms with Gasteiger partial charge in [-0.25, -0.2) is 0 Å². The van der Waals surface area contributed by atoms with Crippen molar-refractivity contribution >= 4 is 33.7 Å². The molecule has 0 aromatic heterocycles. The number of halogens is 1. The van der Waals surface area contributed by atoms with Crippen LogP contribution in [0.1, 0.15) is 6.92 Å². The highest BCUT2D eigenvalue weighted by Gasteiger charge is 2.32. The molecule has 1 atom stereocenters. The monoisotopic (exact) mass is 254 g/mol. The van der Waals surface area contributed by atoms with Crippen molar-refractivity contribution in [3.63, 3.8) is 0 Å². The predicted octanol–water partition coefficient (Wildman–Crippen LogP) is 1.40. The van der Waals surface area contributed by atoms with Crippen LogP contribution in [0.4, 0.5) is 0 Å². The molecule has 12 heavy (non-hydrogen) atoms. The van der Waals surface area contributed by atoms with Crippen molar-refractivity contribution in [2.45, 2.75) is 11.9 Å². The van der Waals surface area contributed by atoms with Gasteiger partial charge in [-0.15, -0.1) is 11.8 Å². The van der Waals surface area contributed by atoms with E-state index in [1.165, 1.54) is 0 Å². The van der Waals surface area contributed by atoms with Gasteiger partial charge >= 0.3 is 5.97 Å². The zero-order valence-corrected chi connectivity index (χ0v) is 9.24. The summed E-state index contributed by atoms with van der Waals surface area (Å²) >= 11 is 4.66. The maximum absolute atomic E-state index is 10.9. The molecule has 1 unspecified atom stereocenters. The minimum atomic E-state index is -0.483. The summed E-state index contributed by atoms with van der Waals surface area (Å²) in [6.45, 7) is 3.10. The maximum atomic E-state index is 10.9. The van der Waals surface area contributed by atoms with E-state index in [2.05, 4.69) is 15.9 Å². The number of ether oxygens (including phenoxy) is 2. The van der Waals surface area contributed by atoms with Crippen LogP contribution < -0.4 is 0 Å². The number of esters is 1. The first-order chi connectivity index (χ1) is 5.66. The fourth-order valence-corrected chi connectivity index (χ4v) is 2.01. The second kappa shape index (κ2) is 4.48. The molecule has 0 saturated carbocycles. The van der Waals surface area contributed by atoms with E-state index in [-0.39, 0.29) is 11.3 Å². The molecule has 70 valence electrons. The summed E-state index contributed by atoms with van der Waals surface area (Å²) in [5.41, 5.74) is 0. The highest BCUT2D eigenvalue weighted by molar-refractivity contribution is 9.09. The Hall–Kier alpha value is 0.260. The lowest BCUT2D eigenvalue weighted by atomic mass is 10.4. The lowest BCUT2D eigenvalue weighted by Crippen LogP contribution is -2.38. The smallest absolute Gasteiger partial charge is 0.318 e. The molecule has 5 heteroatoms. The molecule has 0 amide bonds. The molecular weight excluding hydrogens is 244 g/mol. The van der Waals surface area contributed by atoms with Crippen LogP contribution in [0.15, 0.2) is 0 Å². The van der Waals surface area contributed by atoms with Crippen molar-refractivity contribution in [1.82, 2.24) is 0 Å². The summed E-state index contributed by atoms with van der Waals surface area (Å²) in [5.74, 6) is 0.641. The van der Waals surface area contributed by atoms with E-state index in [4.69, 9.17) is 9.47 Å². The Morgan fingerprint density at radius 1 is 1.83 bits per heavy atom. The number of thioether (sulfide) groups is 1. The van der Waals surface area contributed by atoms with Gasteiger partial charge in [0.1, 0.15) is 5.33 Å². The summed E-state index contributed by atoms with van der Waals surface area (Å²) < 4.78 is 10.4. The van der Waals surface area contributed by atoms with Crippen LogP contribution in [0.5, 0.6) is 0 Å². The van der Waals surface area contributed by atoms with E-state index in [1.54, 1.807) is 11.8 Å². The normalized spacial score (nSPS) is 29.8. The topological polar surface area (TPSA) is 35.5 Å². The molecular formula is C7H11BrO3S. The number of alkyl halides is 1. The second-order valence-corrected chi connectivity index (χ2v) is 4.76. The molecule has 0 bridgehead atoms. The van der Waals surface area contributed by atoms with Crippen molar-refractivity contribution in [3.05, 3.63) is 0 Å². The highest BCUT2D eigenvalue weighted by Crippen LogP contribution is 2.30. The first-order valence-corrected chi connectivity index (χ1v) is 5.76. The molecule has 1 rings (SSSR count). The van der Waals surface area contributed by atoms with Crippen LogP contribution >= 0.6 is 27.7 Å². The fraction of sp³-hybridized carbons (Fsp3) is 0.857. The molecule has 0 N–H and O–H groups in total. The van der Waals surface area contributed by atoms with Crippen LogP contribution in [0.3, 0.4) is 0 Å². The van der Waals surface area contributed by atoms with Gasteiger partial charge in [0, 0.05) is 5.75 Å². The quantitative estimate of drug-likeness (QED) is 0.552. The van der Waals surface area contributed by atoms with Gasteiger partial charge in [-0.05, 0) is 6.92 Å². The average Bonchev–Trinajstić information content (AvgIpc) is 2.05. The lowest BCUT2D eigenvalue weighted by Gasteiger charge is -2.31. The van der Waals surface area contributed by atoms with E-state index in [0.717, 1.165) is 12.4 Å². The van der Waals surface area contributed by atoms with Gasteiger partial charge in [0.25, 0.3) is 0 Å². The molecule has 0 radical (unpaired) electrons. The van der Waals surface area contributed by atoms with Gasteiger partial charge in [-0.1, -0.05) is 15.9 Å². The molecule has 1 heterocycles. The minimum absolute atomic E-state index is 0.239. The summed E-state index contributed by atoms with van der Waals surface area (Å²) in [6.07, 6.45) is 0. The molecule has 0 spiro atoms. The summed E-state index contributed by atoms with van der Waals surface area (Å²) in [5, 5.41) is 0.239. The van der Waals surface area contributed by atoms with Crippen molar-refractivity contribution in [3.8, 4) is 0 Å². The van der Waals surface area contributed by atoms with Crippen LogP contribution in [0, 0.1) is 0 Å². The molecule has 0 aromatic rings. The third kappa shape index (κ3) is 2.95. The predicted molar refractivity (Wildman–Crippen MR) is 51.6 cm³/mol. The molecule has 1 aliphatic rings. The zero-order valence-electron chi connectivity index (χ0n) is 6.84. The number of carbonyl (C=O) groups excluding carboxylic acids is 1. The highest BCUT2D eigenvalue weighted by atomic mass is 79.9. The minimum Gasteiger partial charge on any atom is -0.445 e. The number of hydrogen-bond donors (Lipinski definition) is 0. The molecule has 1 aliphatic heterocycles. The van der Waals surface area contributed by atoms with E-state index < -0.39 is 4.93 Å². The first kappa shape index (κ1) is 10.3. The Bertz CT molecular complexity index is 168. The van der Waals surface area contributed by atoms with Crippen molar-refractivity contribution in [2.24, 2.45) is 0 Å². The molecule has 3 nitrogen and oxygen atoms in total. The van der Waals surface area contributed by atoms with E-state index in [9.17, 15) is 4.79 Å². The van der Waals surface area contributed by atoms with E-state index in [0.29, 0.717) is 6.61 Å². The fourth-order valence-electron chi connectivity index (χ4n) is 0.943. The van der Waals surface area contributed by atoms with Crippen molar-refractivity contribution in [1.29, 1.82) is 0 Å². The Labute approximate surface area is 84.3 Å². The van der Waals surface area contributed by atoms with Gasteiger partial charge in [0.05, 0.1) is 13.2 Å². The SMILES string of the molecule is CC1(OC(=O)CBr)COCCS1. The average molecular weight is 255 g/mol. The molecule has 1 fully saturated rings. The number of rotatable bonds is 2. The zero-order chi connectivity index (χ0) is 9.03. The summed E-state index contributed by atoms with van der Waals surface area (Å²) in [7, 11) is 0. The Balaban J connectivity index is 2.41. The molecule has 1 saturated heterocycles. The molecule has 0 aliphatic carbocycles. The first-order valence-electron chi connectivity index (χ1n) is 3.66. The lowest BCUT2D eigenvalue weighted by molar-refractivity contribution is -0.151. The van der Waals surface area contributed by atoms with Crippen LogP contribution in [0.25, 0.3) is 0 Å². The maximum Gasteiger partial charge on any atom is 0.318 e. The standard InChI is InChI=1S/C7H11BrO3S/c1-7(11-6(9)4-8)5-10-2-3-12-7/h2-5H2,1H3. The summed E-state index contributed by atoms with van der Waals surface area (Å²) in [4.78, 5) is 10.5. The second-order valence-electron chi connectivity index (χ2n) is 2.64. The van der Waals surface area contributed by atoms with Crippen LogP contribution in [-0.4, -0.2) is 35.2 Å². The van der Waals surface area contributed by atoms with Crippen molar-refractivity contribution in [2.75, 3.05) is 24.3 Å². The Morgan fingerprint density at radius 3 is 3.08 bits per heavy atom. The Kier molecular flexibility index (Phi) is 3.86. The third-order valence-electron chi connectivity index (χ3n) is 1.44. The largest absolute Gasteiger partial charge is 0.445 e. The van der Waals surface area contributed by atoms with Gasteiger partial charge in [0.15, 0.2) is 4.93 Å².